The van der Waals surface area contributed by atoms with Gasteiger partial charge in [0.05, 0.1) is 10.5 Å². The Labute approximate surface area is 137 Å². The number of nitrogens with zero attached hydrogens (tertiary/aromatic N) is 4. The number of rotatable bonds is 3. The Morgan fingerprint density at radius 3 is 2.79 bits per heavy atom. The molecule has 1 aliphatic heterocycles. The molecule has 0 radical (unpaired) electrons. The van der Waals surface area contributed by atoms with Crippen LogP contribution in [-0.4, -0.2) is 36.2 Å². The predicted molar refractivity (Wildman–Crippen MR) is 79.9 cm³/mol. The normalized spacial score (nSPS) is 17.0. The van der Waals surface area contributed by atoms with Gasteiger partial charge in [0.2, 0.25) is 11.5 Å². The molecule has 2 heterocycles. The molecule has 24 heavy (non-hydrogen) atoms. The molecule has 0 saturated carbocycles. The molecule has 1 unspecified atom stereocenters. The summed E-state index contributed by atoms with van der Waals surface area (Å²) in [5.41, 5.74) is -0.726. The summed E-state index contributed by atoms with van der Waals surface area (Å²) in [4.78, 5) is 29.5. The van der Waals surface area contributed by atoms with E-state index in [1.54, 1.807) is 0 Å². The predicted octanol–water partition coefficient (Wildman–Crippen LogP) is 1.87. The van der Waals surface area contributed by atoms with Crippen LogP contribution in [0.2, 0.25) is 0 Å². The number of phenols is 2. The number of hydrogen-bond acceptors (Lipinski definition) is 9. The highest BCUT2D eigenvalue weighted by molar-refractivity contribution is 6.83. The minimum Gasteiger partial charge on any atom is -0.504 e. The Morgan fingerprint density at radius 1 is 1.33 bits per heavy atom. The van der Waals surface area contributed by atoms with Crippen molar-refractivity contribution in [2.75, 3.05) is 0 Å². The second-order valence-electron chi connectivity index (χ2n) is 4.68. The van der Waals surface area contributed by atoms with Gasteiger partial charge in [0.15, 0.2) is 16.7 Å². The van der Waals surface area contributed by atoms with E-state index in [9.17, 15) is 25.1 Å². The average Bonchev–Trinajstić information content (AvgIpc) is 3.02. The van der Waals surface area contributed by atoms with Crippen molar-refractivity contribution in [1.29, 1.82) is 0 Å². The van der Waals surface area contributed by atoms with Crippen LogP contribution in [0.3, 0.4) is 0 Å². The van der Waals surface area contributed by atoms with Gasteiger partial charge in [0.25, 0.3) is 5.89 Å². The first kappa shape index (κ1) is 15.6. The van der Waals surface area contributed by atoms with Crippen LogP contribution in [0.1, 0.15) is 11.7 Å². The molecular formula is C13H7ClN4O6. The van der Waals surface area contributed by atoms with Gasteiger partial charge >= 0.3 is 5.69 Å². The molecule has 0 saturated heterocycles. The van der Waals surface area contributed by atoms with Crippen LogP contribution in [0.15, 0.2) is 33.9 Å². The molecule has 0 aliphatic carbocycles. The summed E-state index contributed by atoms with van der Waals surface area (Å²) < 4.78 is 4.97. The second kappa shape index (κ2) is 5.74. The van der Waals surface area contributed by atoms with Crippen LogP contribution in [0.5, 0.6) is 11.5 Å². The van der Waals surface area contributed by atoms with Crippen LogP contribution in [0.4, 0.5) is 5.69 Å². The van der Waals surface area contributed by atoms with Gasteiger partial charge in [-0.3, -0.25) is 14.9 Å². The molecule has 1 aromatic carbocycles. The van der Waals surface area contributed by atoms with E-state index < -0.39 is 33.8 Å². The molecule has 0 spiro atoms. The van der Waals surface area contributed by atoms with Gasteiger partial charge in [0.1, 0.15) is 5.92 Å². The number of allylic oxidation sites excluding steroid dienone is 1. The average molecular weight is 351 g/mol. The van der Waals surface area contributed by atoms with E-state index in [1.807, 2.05) is 0 Å². The molecular weight excluding hydrogens is 344 g/mol. The van der Waals surface area contributed by atoms with Gasteiger partial charge in [-0.25, -0.2) is 4.99 Å². The Morgan fingerprint density at radius 2 is 2.08 bits per heavy atom. The number of carbonyl (C=O) groups excluding carboxylic acids is 1. The van der Waals surface area contributed by atoms with E-state index in [-0.39, 0.29) is 22.4 Å². The number of ketones is 1. The molecule has 1 aromatic heterocycles. The third-order valence-electron chi connectivity index (χ3n) is 3.19. The molecule has 11 heteroatoms. The lowest BCUT2D eigenvalue weighted by Crippen LogP contribution is -2.20. The van der Waals surface area contributed by atoms with Gasteiger partial charge in [-0.2, -0.15) is 4.98 Å². The summed E-state index contributed by atoms with van der Waals surface area (Å²) in [6.07, 6.45) is 2.74. The number of phenolic OH excluding ortho intramolecular Hbond substituents is 2. The number of halogens is 1. The lowest BCUT2D eigenvalue weighted by atomic mass is 10.0. The highest BCUT2D eigenvalue weighted by Gasteiger charge is 2.29. The Kier molecular flexibility index (Phi) is 3.73. The van der Waals surface area contributed by atoms with E-state index in [0.717, 1.165) is 12.1 Å². The summed E-state index contributed by atoms with van der Waals surface area (Å²) in [6, 6.07) is 1.98. The monoisotopic (exact) mass is 350 g/mol. The summed E-state index contributed by atoms with van der Waals surface area (Å²) in [5.74, 6) is -3.21. The zero-order valence-corrected chi connectivity index (χ0v) is 12.3. The molecule has 0 amide bonds. The Balaban J connectivity index is 2.00. The lowest BCUT2D eigenvalue weighted by molar-refractivity contribution is -0.385. The number of carbonyl (C=O) groups is 1. The van der Waals surface area contributed by atoms with E-state index in [2.05, 4.69) is 15.1 Å². The molecule has 1 atom stereocenters. The van der Waals surface area contributed by atoms with Crippen molar-refractivity contribution in [3.05, 3.63) is 40.3 Å². The molecule has 0 bridgehead atoms. The Bertz CT molecular complexity index is 919. The maximum atomic E-state index is 11.9. The smallest absolute Gasteiger partial charge is 0.315 e. The lowest BCUT2D eigenvalue weighted by Gasteiger charge is -2.08. The molecule has 0 fully saturated rings. The number of nitro groups is 1. The van der Waals surface area contributed by atoms with Gasteiger partial charge < -0.3 is 14.7 Å². The zero-order valence-electron chi connectivity index (χ0n) is 11.6. The number of benzene rings is 1. The number of Topliss-reactive ketones (excluding diaryl/α,β-unsaturated/α-hetero) is 1. The fourth-order valence-corrected chi connectivity index (χ4v) is 2.20. The quantitative estimate of drug-likeness (QED) is 0.483. The summed E-state index contributed by atoms with van der Waals surface area (Å²) in [5, 5.41) is 33.3. The molecule has 3 rings (SSSR count). The number of nitro benzene ring substituents is 1. The van der Waals surface area contributed by atoms with Crippen LogP contribution < -0.4 is 0 Å². The van der Waals surface area contributed by atoms with E-state index in [0.29, 0.717) is 0 Å². The van der Waals surface area contributed by atoms with Crippen molar-refractivity contribution in [2.45, 2.75) is 5.92 Å². The van der Waals surface area contributed by atoms with E-state index in [4.69, 9.17) is 16.1 Å². The van der Waals surface area contributed by atoms with Crippen molar-refractivity contribution < 1.29 is 24.5 Å². The molecule has 2 N–H and O–H groups in total. The standard InChI is InChI=1S/C13H7ClN4O6/c14-11-9(20)6(1-2-15-11)12-16-13(24-17-12)5-3-7(18(22)23)10(21)8(19)4-5/h1-4,6,19,21H. The first-order chi connectivity index (χ1) is 11.4. The first-order valence-corrected chi connectivity index (χ1v) is 6.75. The third-order valence-corrected chi connectivity index (χ3v) is 3.47. The van der Waals surface area contributed by atoms with Gasteiger partial charge in [0, 0.05) is 12.3 Å². The molecule has 122 valence electrons. The third kappa shape index (κ3) is 2.58. The van der Waals surface area contributed by atoms with E-state index in [1.165, 1.54) is 12.3 Å². The van der Waals surface area contributed by atoms with E-state index >= 15 is 0 Å². The minimum atomic E-state index is -0.895. The largest absolute Gasteiger partial charge is 0.504 e. The SMILES string of the molecule is O=C1C(Cl)=NC=CC1c1noc(-c2cc(O)c(O)c([N+](=O)[O-])c2)n1. The summed E-state index contributed by atoms with van der Waals surface area (Å²) in [6.45, 7) is 0. The summed E-state index contributed by atoms with van der Waals surface area (Å²) >= 11 is 5.66. The first-order valence-electron chi connectivity index (χ1n) is 6.37. The maximum absolute atomic E-state index is 11.9. The molecule has 10 nitrogen and oxygen atoms in total. The van der Waals surface area contributed by atoms with Crippen molar-refractivity contribution in [3.8, 4) is 23.0 Å². The second-order valence-corrected chi connectivity index (χ2v) is 5.04. The van der Waals surface area contributed by atoms with Crippen molar-refractivity contribution in [1.82, 2.24) is 10.1 Å². The van der Waals surface area contributed by atoms with Crippen LogP contribution in [0.25, 0.3) is 11.5 Å². The van der Waals surface area contributed by atoms with Crippen LogP contribution in [-0.2, 0) is 4.79 Å². The number of hydrogen-bond donors (Lipinski definition) is 2. The highest BCUT2D eigenvalue weighted by Crippen LogP contribution is 2.39. The number of aliphatic imine (C=N–C) groups is 1. The number of aromatic nitrogens is 2. The van der Waals surface area contributed by atoms with Gasteiger partial charge in [-0.15, -0.1) is 0 Å². The molecule has 2 aromatic rings. The fraction of sp³-hybridized carbons (Fsp3) is 0.0769. The van der Waals surface area contributed by atoms with Gasteiger partial charge in [-0.1, -0.05) is 16.8 Å². The number of aromatic hydroxyl groups is 2. The van der Waals surface area contributed by atoms with Gasteiger partial charge in [-0.05, 0) is 12.1 Å². The van der Waals surface area contributed by atoms with Crippen LogP contribution in [0, 0.1) is 10.1 Å². The maximum Gasteiger partial charge on any atom is 0.315 e. The van der Waals surface area contributed by atoms with Crippen molar-refractivity contribution >= 4 is 28.2 Å². The van der Waals surface area contributed by atoms with Crippen molar-refractivity contribution in [2.24, 2.45) is 4.99 Å². The summed E-state index contributed by atoms with van der Waals surface area (Å²) in [7, 11) is 0. The highest BCUT2D eigenvalue weighted by atomic mass is 35.5. The minimum absolute atomic E-state index is 0.00255. The topological polar surface area (TPSA) is 152 Å². The zero-order chi connectivity index (χ0) is 17.4. The van der Waals surface area contributed by atoms with Crippen LogP contribution >= 0.6 is 11.6 Å². The molecule has 1 aliphatic rings. The van der Waals surface area contributed by atoms with Crippen molar-refractivity contribution in [3.63, 3.8) is 0 Å². The Hall–Kier alpha value is -3.27. The fourth-order valence-electron chi connectivity index (χ4n) is 2.02.